The first-order valence-corrected chi connectivity index (χ1v) is 10.4. The molecular weight excluding hydrogens is 485 g/mol. The number of rotatable bonds is 4. The molecule has 11 nitrogen and oxygen atoms in total. The van der Waals surface area contributed by atoms with Crippen LogP contribution in [0.4, 0.5) is 0 Å². The SMILES string of the molecule is N#Cc1nn(-c2cc(Cl)c(-n3ncc4c3ccc(=O)n4Cc3ccco3)c(Cl)c2)c(=O)[nH]c1=O. The number of H-pyrrole nitrogens is 1. The van der Waals surface area contributed by atoms with E-state index in [2.05, 4.69) is 10.2 Å². The van der Waals surface area contributed by atoms with Gasteiger partial charge >= 0.3 is 5.69 Å². The van der Waals surface area contributed by atoms with Gasteiger partial charge < -0.3 is 4.42 Å². The highest BCUT2D eigenvalue weighted by molar-refractivity contribution is 6.38. The molecule has 0 aliphatic carbocycles. The van der Waals surface area contributed by atoms with Gasteiger partial charge in [-0.05, 0) is 30.3 Å². The summed E-state index contributed by atoms with van der Waals surface area (Å²) in [4.78, 5) is 38.3. The second-order valence-corrected chi connectivity index (χ2v) is 7.87. The van der Waals surface area contributed by atoms with Gasteiger partial charge in [-0.15, -0.1) is 5.10 Å². The Balaban J connectivity index is 1.65. The van der Waals surface area contributed by atoms with Gasteiger partial charge in [0.05, 0.1) is 45.8 Å². The minimum absolute atomic E-state index is 0.106. The molecule has 1 aromatic carbocycles. The summed E-state index contributed by atoms with van der Waals surface area (Å²) in [7, 11) is 0. The summed E-state index contributed by atoms with van der Waals surface area (Å²) in [6.45, 7) is 0.206. The van der Waals surface area contributed by atoms with Crippen LogP contribution in [0.3, 0.4) is 0 Å². The second-order valence-electron chi connectivity index (χ2n) is 7.05. The van der Waals surface area contributed by atoms with Crippen molar-refractivity contribution < 1.29 is 4.42 Å². The third kappa shape index (κ3) is 3.51. The molecule has 0 atom stereocenters. The third-order valence-corrected chi connectivity index (χ3v) is 5.59. The molecule has 1 N–H and O–H groups in total. The number of fused-ring (bicyclic) bond motifs is 1. The van der Waals surface area contributed by atoms with Crippen molar-refractivity contribution in [2.24, 2.45) is 0 Å². The zero-order valence-electron chi connectivity index (χ0n) is 16.9. The Morgan fingerprint density at radius 1 is 1.06 bits per heavy atom. The Kier molecular flexibility index (Phi) is 5.16. The van der Waals surface area contributed by atoms with Crippen LogP contribution in [0.1, 0.15) is 11.5 Å². The van der Waals surface area contributed by atoms with Gasteiger partial charge in [-0.3, -0.25) is 19.1 Å². The van der Waals surface area contributed by atoms with Crippen LogP contribution in [-0.2, 0) is 6.54 Å². The molecule has 13 heteroatoms. The zero-order valence-corrected chi connectivity index (χ0v) is 18.4. The molecule has 0 aliphatic heterocycles. The lowest BCUT2D eigenvalue weighted by molar-refractivity contribution is 0.493. The lowest BCUT2D eigenvalue weighted by Gasteiger charge is -2.12. The van der Waals surface area contributed by atoms with Crippen molar-refractivity contribution in [1.29, 1.82) is 5.26 Å². The van der Waals surface area contributed by atoms with Crippen LogP contribution in [0.5, 0.6) is 0 Å². The largest absolute Gasteiger partial charge is 0.467 e. The molecule has 4 aromatic heterocycles. The summed E-state index contributed by atoms with van der Waals surface area (Å²) in [5, 5.41) is 17.4. The Labute approximate surface area is 198 Å². The minimum Gasteiger partial charge on any atom is -0.467 e. The molecule has 0 aliphatic rings. The normalized spacial score (nSPS) is 11.1. The van der Waals surface area contributed by atoms with Crippen LogP contribution in [0.15, 0.2) is 67.7 Å². The van der Waals surface area contributed by atoms with Gasteiger partial charge in [-0.1, -0.05) is 23.2 Å². The van der Waals surface area contributed by atoms with Gasteiger partial charge in [0.1, 0.15) is 17.5 Å². The highest BCUT2D eigenvalue weighted by Gasteiger charge is 2.18. The molecule has 0 radical (unpaired) electrons. The number of aromatic nitrogens is 6. The number of hydrogen-bond acceptors (Lipinski definition) is 7. The fourth-order valence-electron chi connectivity index (χ4n) is 3.50. The minimum atomic E-state index is -0.902. The first-order valence-electron chi connectivity index (χ1n) is 9.61. The van der Waals surface area contributed by atoms with Crippen molar-refractivity contribution in [3.63, 3.8) is 0 Å². The first kappa shape index (κ1) is 21.4. The smallest absolute Gasteiger partial charge is 0.349 e. The van der Waals surface area contributed by atoms with Gasteiger partial charge in [-0.25, -0.2) is 9.48 Å². The highest BCUT2D eigenvalue weighted by Crippen LogP contribution is 2.32. The molecule has 0 bridgehead atoms. The first-order chi connectivity index (χ1) is 16.4. The molecule has 0 saturated heterocycles. The van der Waals surface area contributed by atoms with E-state index in [9.17, 15) is 14.4 Å². The van der Waals surface area contributed by atoms with Crippen LogP contribution in [-0.4, -0.2) is 29.1 Å². The number of nitrogens with one attached hydrogen (secondary N) is 1. The standard InChI is InChI=1S/C21H11Cl2N7O4/c22-13-6-11(29-21(33)26-20(32)15(8-24)27-29)7-14(23)19(13)30-16-3-4-18(31)28(17(16)9-25-30)10-12-2-1-5-34-12/h1-7,9H,10H2,(H,26,32,33). The third-order valence-electron chi connectivity index (χ3n) is 5.01. The monoisotopic (exact) mass is 495 g/mol. The number of nitriles is 1. The molecule has 0 unspecified atom stereocenters. The Hall–Kier alpha value is -4.40. The van der Waals surface area contributed by atoms with Crippen LogP contribution < -0.4 is 16.8 Å². The number of benzene rings is 1. The van der Waals surface area contributed by atoms with E-state index in [0.717, 1.165) is 4.68 Å². The molecule has 0 fully saturated rings. The van der Waals surface area contributed by atoms with Crippen molar-refractivity contribution in [1.82, 2.24) is 29.1 Å². The fourth-order valence-corrected chi connectivity index (χ4v) is 4.13. The highest BCUT2D eigenvalue weighted by atomic mass is 35.5. The number of aromatic amines is 1. The number of pyridine rings is 1. The Morgan fingerprint density at radius 2 is 1.82 bits per heavy atom. The van der Waals surface area contributed by atoms with Crippen molar-refractivity contribution in [3.8, 4) is 17.4 Å². The predicted molar refractivity (Wildman–Crippen MR) is 122 cm³/mol. The van der Waals surface area contributed by atoms with E-state index >= 15 is 0 Å². The summed E-state index contributed by atoms with van der Waals surface area (Å²) in [6, 6.07) is 10.9. The number of hydrogen-bond donors (Lipinski definition) is 1. The number of halogens is 2. The van der Waals surface area contributed by atoms with Gasteiger partial charge in [0.25, 0.3) is 11.1 Å². The molecular formula is C21H11Cl2N7O4. The average molecular weight is 496 g/mol. The van der Waals surface area contributed by atoms with E-state index in [1.807, 2.05) is 4.98 Å². The van der Waals surface area contributed by atoms with Crippen molar-refractivity contribution in [2.75, 3.05) is 0 Å². The predicted octanol–water partition coefficient (Wildman–Crippen LogP) is 2.24. The molecule has 0 spiro atoms. The maximum Gasteiger partial charge on any atom is 0.349 e. The quantitative estimate of drug-likeness (QED) is 0.402. The molecule has 4 heterocycles. The molecule has 0 saturated carbocycles. The van der Waals surface area contributed by atoms with Crippen molar-refractivity contribution in [3.05, 3.63) is 102 Å². The summed E-state index contributed by atoms with van der Waals surface area (Å²) >= 11 is 13.0. The van der Waals surface area contributed by atoms with E-state index in [1.165, 1.54) is 39.9 Å². The Morgan fingerprint density at radius 3 is 2.50 bits per heavy atom. The second kappa shape index (κ2) is 8.18. The molecule has 0 amide bonds. The molecule has 5 aromatic rings. The van der Waals surface area contributed by atoms with Gasteiger partial charge in [-0.2, -0.15) is 15.0 Å². The summed E-state index contributed by atoms with van der Waals surface area (Å²) in [6.07, 6.45) is 3.03. The zero-order chi connectivity index (χ0) is 24.0. The summed E-state index contributed by atoms with van der Waals surface area (Å²) in [5.41, 5.74) is -1.01. The average Bonchev–Trinajstić information content (AvgIpc) is 3.46. The van der Waals surface area contributed by atoms with E-state index in [0.29, 0.717) is 22.5 Å². The van der Waals surface area contributed by atoms with Crippen LogP contribution in [0.2, 0.25) is 10.0 Å². The molecule has 168 valence electrons. The summed E-state index contributed by atoms with van der Waals surface area (Å²) < 4.78 is 9.13. The van der Waals surface area contributed by atoms with Crippen LogP contribution >= 0.6 is 23.2 Å². The van der Waals surface area contributed by atoms with E-state index in [1.54, 1.807) is 24.3 Å². The van der Waals surface area contributed by atoms with Crippen LogP contribution in [0.25, 0.3) is 22.4 Å². The van der Waals surface area contributed by atoms with Gasteiger partial charge in [0.15, 0.2) is 0 Å². The molecule has 34 heavy (non-hydrogen) atoms. The van der Waals surface area contributed by atoms with E-state index in [-0.39, 0.29) is 27.8 Å². The Bertz CT molecular complexity index is 1770. The van der Waals surface area contributed by atoms with Crippen LogP contribution in [0, 0.1) is 11.3 Å². The van der Waals surface area contributed by atoms with E-state index in [4.69, 9.17) is 32.9 Å². The van der Waals surface area contributed by atoms with Crippen molar-refractivity contribution >= 4 is 34.2 Å². The fraction of sp³-hybridized carbons (Fsp3) is 0.0476. The van der Waals surface area contributed by atoms with Crippen molar-refractivity contribution in [2.45, 2.75) is 6.54 Å². The molecule has 5 rings (SSSR count). The van der Waals surface area contributed by atoms with E-state index < -0.39 is 16.9 Å². The number of furan rings is 1. The maximum atomic E-state index is 12.5. The lowest BCUT2D eigenvalue weighted by Crippen LogP contribution is -2.33. The van der Waals surface area contributed by atoms with Gasteiger partial charge in [0, 0.05) is 6.07 Å². The summed E-state index contributed by atoms with van der Waals surface area (Å²) in [5.74, 6) is 0.596. The topological polar surface area (TPSA) is 144 Å². The lowest BCUT2D eigenvalue weighted by atomic mass is 10.2. The number of nitrogens with zero attached hydrogens (tertiary/aromatic N) is 6. The maximum absolute atomic E-state index is 12.5. The van der Waals surface area contributed by atoms with Gasteiger partial charge in [0.2, 0.25) is 5.69 Å².